The first kappa shape index (κ1) is 20.4. The van der Waals surface area contributed by atoms with Crippen molar-refractivity contribution in [2.45, 2.75) is 25.8 Å². The van der Waals surface area contributed by atoms with Gasteiger partial charge in [-0.05, 0) is 36.6 Å². The van der Waals surface area contributed by atoms with Crippen molar-refractivity contribution in [1.29, 1.82) is 0 Å². The standard InChI is InChI=1S/C22H24N2O5/c1-5-14-6-8-15(9-7-14)17(25)13-24-20(26)22(2,23-21(24)27)16-10-11-18(28-3)19(12-16)29-4/h6-12H,5,13H2,1-4H3,(H,23,27)/t22-/m0/s1. The van der Waals surface area contributed by atoms with Crippen LogP contribution in [0.15, 0.2) is 42.5 Å². The second-order valence-electron chi connectivity index (χ2n) is 6.99. The molecule has 2 aromatic carbocycles. The van der Waals surface area contributed by atoms with E-state index in [2.05, 4.69) is 5.32 Å². The van der Waals surface area contributed by atoms with Gasteiger partial charge in [0.25, 0.3) is 5.91 Å². The zero-order chi connectivity index (χ0) is 21.2. The van der Waals surface area contributed by atoms with Gasteiger partial charge in [-0.3, -0.25) is 14.5 Å². The van der Waals surface area contributed by atoms with E-state index in [1.807, 2.05) is 19.1 Å². The summed E-state index contributed by atoms with van der Waals surface area (Å²) in [5.74, 6) is 0.166. The van der Waals surface area contributed by atoms with E-state index in [4.69, 9.17) is 9.47 Å². The molecule has 0 aromatic heterocycles. The number of ketones is 1. The molecule has 7 nitrogen and oxygen atoms in total. The number of carbonyl (C=O) groups is 3. The first-order chi connectivity index (χ1) is 13.8. The number of rotatable bonds is 7. The molecular weight excluding hydrogens is 372 g/mol. The van der Waals surface area contributed by atoms with E-state index in [0.717, 1.165) is 16.9 Å². The van der Waals surface area contributed by atoms with Gasteiger partial charge in [0.2, 0.25) is 0 Å². The van der Waals surface area contributed by atoms with Gasteiger partial charge in [0.05, 0.1) is 20.8 Å². The molecule has 3 rings (SSSR count). The van der Waals surface area contributed by atoms with Crippen molar-refractivity contribution in [3.05, 3.63) is 59.2 Å². The van der Waals surface area contributed by atoms with Crippen LogP contribution in [0.5, 0.6) is 11.5 Å². The highest BCUT2D eigenvalue weighted by atomic mass is 16.5. The summed E-state index contributed by atoms with van der Waals surface area (Å²) in [6.07, 6.45) is 0.866. The van der Waals surface area contributed by atoms with Crippen molar-refractivity contribution in [1.82, 2.24) is 10.2 Å². The van der Waals surface area contributed by atoms with Gasteiger partial charge in [0.15, 0.2) is 17.3 Å². The third-order valence-corrected chi connectivity index (χ3v) is 5.22. The number of hydrogen-bond donors (Lipinski definition) is 1. The topological polar surface area (TPSA) is 84.9 Å². The zero-order valence-corrected chi connectivity index (χ0v) is 16.9. The van der Waals surface area contributed by atoms with Crippen LogP contribution < -0.4 is 14.8 Å². The largest absolute Gasteiger partial charge is 0.493 e. The molecule has 1 aliphatic rings. The molecule has 152 valence electrons. The van der Waals surface area contributed by atoms with Gasteiger partial charge < -0.3 is 14.8 Å². The van der Waals surface area contributed by atoms with Gasteiger partial charge in [-0.15, -0.1) is 0 Å². The first-order valence-electron chi connectivity index (χ1n) is 9.32. The number of ether oxygens (including phenoxy) is 2. The summed E-state index contributed by atoms with van der Waals surface area (Å²) in [6.45, 7) is 3.31. The number of nitrogens with one attached hydrogen (secondary N) is 1. The third kappa shape index (κ3) is 3.68. The Hall–Kier alpha value is -3.35. The number of nitrogens with zero attached hydrogens (tertiary/aromatic N) is 1. The van der Waals surface area contributed by atoms with Gasteiger partial charge >= 0.3 is 6.03 Å². The number of methoxy groups -OCH3 is 2. The average molecular weight is 396 g/mol. The van der Waals surface area contributed by atoms with E-state index < -0.39 is 17.5 Å². The molecule has 0 bridgehead atoms. The monoisotopic (exact) mass is 396 g/mol. The van der Waals surface area contributed by atoms with E-state index >= 15 is 0 Å². The Bertz CT molecular complexity index is 954. The van der Waals surface area contributed by atoms with E-state index in [9.17, 15) is 14.4 Å². The quantitative estimate of drug-likeness (QED) is 0.575. The summed E-state index contributed by atoms with van der Waals surface area (Å²) < 4.78 is 10.5. The Kier molecular flexibility index (Phi) is 5.59. The van der Waals surface area contributed by atoms with E-state index in [1.165, 1.54) is 14.2 Å². The highest BCUT2D eigenvalue weighted by Gasteiger charge is 2.49. The lowest BCUT2D eigenvalue weighted by atomic mass is 9.91. The van der Waals surface area contributed by atoms with Crippen LogP contribution in [0.4, 0.5) is 4.79 Å². The highest BCUT2D eigenvalue weighted by molar-refractivity contribution is 6.11. The number of carbonyl (C=O) groups excluding carboxylic acids is 3. The summed E-state index contributed by atoms with van der Waals surface area (Å²) in [5, 5.41) is 2.70. The lowest BCUT2D eigenvalue weighted by molar-refractivity contribution is -0.130. The van der Waals surface area contributed by atoms with E-state index in [-0.39, 0.29) is 12.3 Å². The van der Waals surface area contributed by atoms with Crippen LogP contribution >= 0.6 is 0 Å². The fourth-order valence-electron chi connectivity index (χ4n) is 3.34. The Morgan fingerprint density at radius 1 is 1.03 bits per heavy atom. The van der Waals surface area contributed by atoms with Gasteiger partial charge in [-0.1, -0.05) is 37.3 Å². The van der Waals surface area contributed by atoms with Crippen molar-refractivity contribution >= 4 is 17.7 Å². The highest BCUT2D eigenvalue weighted by Crippen LogP contribution is 2.35. The van der Waals surface area contributed by atoms with Gasteiger partial charge in [-0.2, -0.15) is 0 Å². The van der Waals surface area contributed by atoms with E-state index in [0.29, 0.717) is 22.6 Å². The SMILES string of the molecule is CCc1ccc(C(=O)CN2C(=O)N[C@@](C)(c3ccc(OC)c(OC)c3)C2=O)cc1. The summed E-state index contributed by atoms with van der Waals surface area (Å²) in [7, 11) is 3.01. The fourth-order valence-corrected chi connectivity index (χ4v) is 3.34. The maximum atomic E-state index is 13.1. The lowest BCUT2D eigenvalue weighted by Crippen LogP contribution is -2.41. The molecule has 1 aliphatic heterocycles. The molecule has 3 amide bonds. The molecule has 2 aromatic rings. The lowest BCUT2D eigenvalue weighted by Gasteiger charge is -2.23. The van der Waals surface area contributed by atoms with Crippen molar-refractivity contribution in [2.75, 3.05) is 20.8 Å². The summed E-state index contributed by atoms with van der Waals surface area (Å²) >= 11 is 0. The van der Waals surface area contributed by atoms with Crippen LogP contribution in [0.2, 0.25) is 0 Å². The van der Waals surface area contributed by atoms with Gasteiger partial charge in [0.1, 0.15) is 5.54 Å². The number of imide groups is 1. The van der Waals surface area contributed by atoms with Crippen LogP contribution in [0.1, 0.15) is 35.3 Å². The average Bonchev–Trinajstić information content (AvgIpc) is 2.97. The molecule has 1 saturated heterocycles. The molecule has 1 N–H and O–H groups in total. The summed E-state index contributed by atoms with van der Waals surface area (Å²) in [4.78, 5) is 39.1. The van der Waals surface area contributed by atoms with Crippen LogP contribution in [-0.4, -0.2) is 43.4 Å². The molecule has 7 heteroatoms. The summed E-state index contributed by atoms with van der Waals surface area (Å²) in [5.41, 5.74) is 0.805. The fraction of sp³-hybridized carbons (Fsp3) is 0.318. The number of benzene rings is 2. The molecule has 0 radical (unpaired) electrons. The molecule has 0 unspecified atom stereocenters. The second-order valence-corrected chi connectivity index (χ2v) is 6.99. The summed E-state index contributed by atoms with van der Waals surface area (Å²) in [6, 6.07) is 11.6. The van der Waals surface area contributed by atoms with Crippen molar-refractivity contribution < 1.29 is 23.9 Å². The Morgan fingerprint density at radius 3 is 2.28 bits per heavy atom. The zero-order valence-electron chi connectivity index (χ0n) is 16.9. The smallest absolute Gasteiger partial charge is 0.325 e. The minimum atomic E-state index is -1.30. The van der Waals surface area contributed by atoms with Crippen molar-refractivity contribution in [3.63, 3.8) is 0 Å². The molecule has 0 aliphatic carbocycles. The van der Waals surface area contributed by atoms with E-state index in [1.54, 1.807) is 37.3 Å². The Morgan fingerprint density at radius 2 is 1.69 bits per heavy atom. The third-order valence-electron chi connectivity index (χ3n) is 5.22. The Labute approximate surface area is 169 Å². The number of Topliss-reactive ketones (excluding diaryl/α,β-unsaturated/α-hetero) is 1. The number of amides is 3. The predicted molar refractivity (Wildman–Crippen MR) is 107 cm³/mol. The number of aryl methyl sites for hydroxylation is 1. The molecule has 29 heavy (non-hydrogen) atoms. The molecule has 1 heterocycles. The van der Waals surface area contributed by atoms with Gasteiger partial charge in [0, 0.05) is 5.56 Å². The molecule has 0 spiro atoms. The van der Waals surface area contributed by atoms with Crippen molar-refractivity contribution in [3.8, 4) is 11.5 Å². The number of urea groups is 1. The molecule has 1 fully saturated rings. The Balaban J connectivity index is 1.84. The normalized spacial score (nSPS) is 18.6. The molecule has 1 atom stereocenters. The minimum absolute atomic E-state index is 0.298. The van der Waals surface area contributed by atoms with Crippen LogP contribution in [0.3, 0.4) is 0 Å². The van der Waals surface area contributed by atoms with Gasteiger partial charge in [-0.25, -0.2) is 4.79 Å². The van der Waals surface area contributed by atoms with Crippen molar-refractivity contribution in [2.24, 2.45) is 0 Å². The molecular formula is C22H24N2O5. The predicted octanol–water partition coefficient (Wildman–Crippen LogP) is 2.92. The van der Waals surface area contributed by atoms with Crippen LogP contribution in [-0.2, 0) is 16.8 Å². The molecule has 0 saturated carbocycles. The first-order valence-corrected chi connectivity index (χ1v) is 9.32. The minimum Gasteiger partial charge on any atom is -0.493 e. The maximum Gasteiger partial charge on any atom is 0.325 e. The number of hydrogen-bond acceptors (Lipinski definition) is 5. The van der Waals surface area contributed by atoms with Crippen LogP contribution in [0, 0.1) is 0 Å². The second kappa shape index (κ2) is 7.95. The van der Waals surface area contributed by atoms with Crippen LogP contribution in [0.25, 0.3) is 0 Å². The maximum absolute atomic E-state index is 13.1.